The van der Waals surface area contributed by atoms with Crippen molar-refractivity contribution in [1.29, 1.82) is 0 Å². The van der Waals surface area contributed by atoms with E-state index in [9.17, 15) is 4.79 Å². The Balaban J connectivity index is 1.41. The first kappa shape index (κ1) is 15.7. The summed E-state index contributed by atoms with van der Waals surface area (Å²) in [6.07, 6.45) is 5.70. The van der Waals surface area contributed by atoms with E-state index in [1.807, 2.05) is 13.8 Å². The molecule has 3 rings (SSSR count). The van der Waals surface area contributed by atoms with E-state index in [1.165, 1.54) is 19.3 Å². The predicted octanol–water partition coefficient (Wildman–Crippen LogP) is 2.64. The minimum absolute atomic E-state index is 0.0572. The van der Waals surface area contributed by atoms with Gasteiger partial charge in [0.25, 0.3) is 0 Å². The maximum atomic E-state index is 12.1. The average molecular weight is 323 g/mol. The van der Waals surface area contributed by atoms with E-state index < -0.39 is 0 Å². The van der Waals surface area contributed by atoms with Crippen LogP contribution in [-0.4, -0.2) is 36.3 Å². The Morgan fingerprint density at radius 2 is 2.36 bits per heavy atom. The molecule has 0 aliphatic heterocycles. The number of nitrogens with zero attached hydrogens (tertiary/aromatic N) is 1. The predicted molar refractivity (Wildman–Crippen MR) is 87.2 cm³/mol. The molecule has 0 aromatic carbocycles. The number of rotatable bonds is 6. The molecular formula is C16H25N3O2S. The van der Waals surface area contributed by atoms with E-state index in [1.54, 1.807) is 11.3 Å². The molecule has 2 aliphatic carbocycles. The van der Waals surface area contributed by atoms with Crippen molar-refractivity contribution in [2.45, 2.75) is 58.1 Å². The maximum absolute atomic E-state index is 12.1. The van der Waals surface area contributed by atoms with Gasteiger partial charge in [-0.05, 0) is 33.1 Å². The van der Waals surface area contributed by atoms with Gasteiger partial charge in [-0.15, -0.1) is 11.3 Å². The van der Waals surface area contributed by atoms with Gasteiger partial charge in [0.1, 0.15) is 0 Å². The molecule has 2 saturated carbocycles. The van der Waals surface area contributed by atoms with Crippen molar-refractivity contribution in [3.8, 4) is 0 Å². The first-order valence-electron chi connectivity index (χ1n) is 8.21. The summed E-state index contributed by atoms with van der Waals surface area (Å²) >= 11 is 1.65. The second kappa shape index (κ2) is 6.54. The summed E-state index contributed by atoms with van der Waals surface area (Å²) in [7, 11) is 0. The van der Waals surface area contributed by atoms with Gasteiger partial charge >= 0.3 is 6.03 Å². The highest BCUT2D eigenvalue weighted by atomic mass is 32.1. The lowest BCUT2D eigenvalue weighted by atomic mass is 9.51. The molecule has 6 heteroatoms. The van der Waals surface area contributed by atoms with Gasteiger partial charge in [0.05, 0.1) is 16.8 Å². The molecule has 0 unspecified atom stereocenters. The molecule has 5 nitrogen and oxygen atoms in total. The van der Waals surface area contributed by atoms with E-state index in [0.29, 0.717) is 12.6 Å². The standard InChI is InChI=1S/C16H25N3O2S/c1-3-21-14-9-13(16(14)6-4-7-16)19-15(20)17-8-5-12-10-22-11(2)18-12/h10,13-14H,3-9H2,1-2H3,(H2,17,19,20)/t13-,14+/m0/s1. The van der Waals surface area contributed by atoms with Crippen molar-refractivity contribution in [2.75, 3.05) is 13.2 Å². The van der Waals surface area contributed by atoms with Crippen molar-refractivity contribution in [1.82, 2.24) is 15.6 Å². The number of nitrogens with one attached hydrogen (secondary N) is 2. The van der Waals surface area contributed by atoms with Crippen LogP contribution in [-0.2, 0) is 11.2 Å². The summed E-state index contributed by atoms with van der Waals surface area (Å²) in [5.74, 6) is 0. The van der Waals surface area contributed by atoms with Crippen LogP contribution in [0.4, 0.5) is 4.79 Å². The van der Waals surface area contributed by atoms with Gasteiger partial charge in [-0.1, -0.05) is 6.42 Å². The Morgan fingerprint density at radius 3 is 2.95 bits per heavy atom. The smallest absolute Gasteiger partial charge is 0.315 e. The van der Waals surface area contributed by atoms with Crippen LogP contribution in [0, 0.1) is 12.3 Å². The molecule has 2 aliphatic rings. The zero-order chi connectivity index (χ0) is 15.6. The third-order valence-corrected chi connectivity index (χ3v) is 5.90. The number of thiazole rings is 1. The van der Waals surface area contributed by atoms with Gasteiger partial charge in [0.2, 0.25) is 0 Å². The van der Waals surface area contributed by atoms with Crippen molar-refractivity contribution in [2.24, 2.45) is 5.41 Å². The van der Waals surface area contributed by atoms with E-state index >= 15 is 0 Å². The molecule has 2 atom stereocenters. The van der Waals surface area contributed by atoms with Crippen molar-refractivity contribution >= 4 is 17.4 Å². The Hall–Kier alpha value is -1.14. The van der Waals surface area contributed by atoms with Crippen LogP contribution in [0.5, 0.6) is 0 Å². The normalized spacial score (nSPS) is 25.4. The lowest BCUT2D eigenvalue weighted by Crippen LogP contribution is -2.68. The zero-order valence-corrected chi connectivity index (χ0v) is 14.2. The fourth-order valence-corrected chi connectivity index (χ4v) is 4.32. The summed E-state index contributed by atoms with van der Waals surface area (Å²) in [6.45, 7) is 5.43. The van der Waals surface area contributed by atoms with Crippen LogP contribution in [0.1, 0.15) is 43.3 Å². The van der Waals surface area contributed by atoms with Gasteiger partial charge in [0, 0.05) is 36.4 Å². The van der Waals surface area contributed by atoms with Gasteiger partial charge in [-0.25, -0.2) is 9.78 Å². The van der Waals surface area contributed by atoms with Crippen LogP contribution in [0.3, 0.4) is 0 Å². The lowest BCUT2D eigenvalue weighted by molar-refractivity contribution is -0.169. The molecule has 1 aromatic heterocycles. The zero-order valence-electron chi connectivity index (χ0n) is 13.4. The number of amides is 2. The van der Waals surface area contributed by atoms with Crippen molar-refractivity contribution in [3.05, 3.63) is 16.1 Å². The summed E-state index contributed by atoms with van der Waals surface area (Å²) in [4.78, 5) is 16.5. The molecule has 2 fully saturated rings. The minimum atomic E-state index is -0.0572. The molecule has 0 radical (unpaired) electrons. The van der Waals surface area contributed by atoms with Crippen LogP contribution < -0.4 is 10.6 Å². The molecule has 0 saturated heterocycles. The molecule has 2 amide bonds. The quantitative estimate of drug-likeness (QED) is 0.846. The highest BCUT2D eigenvalue weighted by Gasteiger charge is 2.59. The van der Waals surface area contributed by atoms with Crippen LogP contribution >= 0.6 is 11.3 Å². The Morgan fingerprint density at radius 1 is 1.55 bits per heavy atom. The first-order valence-corrected chi connectivity index (χ1v) is 9.09. The van der Waals surface area contributed by atoms with E-state index in [-0.39, 0.29) is 17.5 Å². The highest BCUT2D eigenvalue weighted by Crippen LogP contribution is 2.57. The van der Waals surface area contributed by atoms with Gasteiger partial charge in [0.15, 0.2) is 0 Å². The number of carbonyl (C=O) groups excluding carboxylic acids is 1. The monoisotopic (exact) mass is 323 g/mol. The highest BCUT2D eigenvalue weighted by molar-refractivity contribution is 7.09. The third kappa shape index (κ3) is 2.99. The van der Waals surface area contributed by atoms with Crippen molar-refractivity contribution in [3.63, 3.8) is 0 Å². The van der Waals surface area contributed by atoms with E-state index in [4.69, 9.17) is 4.74 Å². The molecule has 1 heterocycles. The molecule has 1 spiro atoms. The number of aromatic nitrogens is 1. The molecular weight excluding hydrogens is 298 g/mol. The van der Waals surface area contributed by atoms with E-state index in [0.717, 1.165) is 30.2 Å². The van der Waals surface area contributed by atoms with Gasteiger partial charge in [-0.3, -0.25) is 0 Å². The molecule has 0 bridgehead atoms. The minimum Gasteiger partial charge on any atom is -0.378 e. The average Bonchev–Trinajstić information content (AvgIpc) is 2.81. The van der Waals surface area contributed by atoms with Crippen molar-refractivity contribution < 1.29 is 9.53 Å². The largest absolute Gasteiger partial charge is 0.378 e. The molecule has 22 heavy (non-hydrogen) atoms. The third-order valence-electron chi connectivity index (χ3n) is 5.08. The first-order chi connectivity index (χ1) is 10.6. The number of carbonyl (C=O) groups is 1. The number of hydrogen-bond donors (Lipinski definition) is 2. The van der Waals surface area contributed by atoms with Gasteiger partial charge < -0.3 is 15.4 Å². The summed E-state index contributed by atoms with van der Waals surface area (Å²) in [6, 6.07) is 0.220. The fourth-order valence-electron chi connectivity index (χ4n) is 3.68. The number of urea groups is 1. The second-order valence-corrected chi connectivity index (χ2v) is 7.39. The summed E-state index contributed by atoms with van der Waals surface area (Å²) in [5.41, 5.74) is 1.28. The fraction of sp³-hybridized carbons (Fsp3) is 0.750. The number of hydrogen-bond acceptors (Lipinski definition) is 4. The topological polar surface area (TPSA) is 63.2 Å². The summed E-state index contributed by atoms with van der Waals surface area (Å²) < 4.78 is 5.81. The van der Waals surface area contributed by atoms with Gasteiger partial charge in [-0.2, -0.15) is 0 Å². The Kier molecular flexibility index (Phi) is 4.68. The Bertz CT molecular complexity index is 527. The van der Waals surface area contributed by atoms with Crippen LogP contribution in [0.15, 0.2) is 5.38 Å². The maximum Gasteiger partial charge on any atom is 0.315 e. The number of ether oxygens (including phenoxy) is 1. The van der Waals surface area contributed by atoms with E-state index in [2.05, 4.69) is 21.0 Å². The summed E-state index contributed by atoms with van der Waals surface area (Å²) in [5, 5.41) is 9.21. The SMILES string of the molecule is CCO[C@@H]1C[C@H](NC(=O)NCCc2csc(C)n2)C12CCC2. The number of aryl methyl sites for hydroxylation is 1. The molecule has 122 valence electrons. The lowest BCUT2D eigenvalue weighted by Gasteiger charge is -2.60. The van der Waals surface area contributed by atoms with Crippen LogP contribution in [0.25, 0.3) is 0 Å². The Labute approximate surface area is 135 Å². The second-order valence-electron chi connectivity index (χ2n) is 6.33. The van der Waals surface area contributed by atoms with Crippen LogP contribution in [0.2, 0.25) is 0 Å². The molecule has 1 aromatic rings. The molecule has 2 N–H and O–H groups in total.